The summed E-state index contributed by atoms with van der Waals surface area (Å²) < 4.78 is 0. The quantitative estimate of drug-likeness (QED) is 0.511. The summed E-state index contributed by atoms with van der Waals surface area (Å²) in [5.74, 6) is -1.28. The summed E-state index contributed by atoms with van der Waals surface area (Å²) in [4.78, 5) is 22.2. The fraction of sp³-hybridized carbons (Fsp3) is 0.333. The van der Waals surface area contributed by atoms with Gasteiger partial charge in [-0.05, 0) is 13.3 Å². The summed E-state index contributed by atoms with van der Waals surface area (Å²) in [5, 5.41) is 9.11. The number of carbonyl (C=O) groups excluding carboxylic acids is 2. The molecule has 0 aliphatic carbocycles. The Morgan fingerprint density at radius 3 is 2.38 bits per heavy atom. The first-order chi connectivity index (χ1) is 6.09. The topological polar surface area (TPSA) is 57.6 Å². The molecule has 1 aliphatic heterocycles. The largest absolute Gasteiger partial charge is 0.285 e. The Bertz CT molecular complexity index is 315. The van der Waals surface area contributed by atoms with Gasteiger partial charge < -0.3 is 0 Å². The van der Waals surface area contributed by atoms with Crippen LogP contribution in [0.3, 0.4) is 0 Å². The fourth-order valence-electron chi connectivity index (χ4n) is 1.07. The third-order valence-electron chi connectivity index (χ3n) is 1.86. The maximum atomic E-state index is 11.2. The molecule has 1 aliphatic rings. The van der Waals surface area contributed by atoms with Gasteiger partial charge in [-0.15, -0.1) is 5.06 Å². The van der Waals surface area contributed by atoms with Crippen molar-refractivity contribution < 1.29 is 14.8 Å². The van der Waals surface area contributed by atoms with E-state index in [-0.39, 0.29) is 16.2 Å². The lowest BCUT2D eigenvalue weighted by Crippen LogP contribution is -2.27. The Labute approximate surface area is 76.1 Å². The molecule has 0 unspecified atom stereocenters. The van der Waals surface area contributed by atoms with Crippen LogP contribution >= 0.6 is 0 Å². The maximum absolute atomic E-state index is 11.2. The second-order valence-electron chi connectivity index (χ2n) is 2.77. The Morgan fingerprint density at radius 2 is 2.00 bits per heavy atom. The molecule has 0 spiro atoms. The number of imide groups is 1. The van der Waals surface area contributed by atoms with Crippen LogP contribution < -0.4 is 0 Å². The molecule has 13 heavy (non-hydrogen) atoms. The number of rotatable bonds is 2. The highest BCUT2D eigenvalue weighted by Gasteiger charge is 2.33. The van der Waals surface area contributed by atoms with Gasteiger partial charge in [-0.25, -0.2) is 0 Å². The molecule has 0 aromatic carbocycles. The van der Waals surface area contributed by atoms with Crippen molar-refractivity contribution in [3.63, 3.8) is 0 Å². The first kappa shape index (κ1) is 9.67. The minimum Gasteiger partial charge on any atom is -0.278 e. The standard InChI is InChI=1S/C9H11NO3/c1-3-4-5-7-6(2)8(11)10(13)9(7)12/h4-5,13H,3H2,1-2H3/b5-4-. The molecule has 4 nitrogen and oxygen atoms in total. The lowest BCUT2D eigenvalue weighted by molar-refractivity contribution is -0.169. The van der Waals surface area contributed by atoms with Crippen LogP contribution in [0.1, 0.15) is 20.3 Å². The van der Waals surface area contributed by atoms with Crippen molar-refractivity contribution in [3.05, 3.63) is 23.3 Å². The zero-order valence-corrected chi connectivity index (χ0v) is 7.57. The highest BCUT2D eigenvalue weighted by atomic mass is 16.5. The highest BCUT2D eigenvalue weighted by Crippen LogP contribution is 2.19. The van der Waals surface area contributed by atoms with Crippen molar-refractivity contribution in [2.45, 2.75) is 20.3 Å². The van der Waals surface area contributed by atoms with Gasteiger partial charge in [-0.3, -0.25) is 14.8 Å². The number of carbonyl (C=O) groups is 2. The second-order valence-corrected chi connectivity index (χ2v) is 2.77. The number of hydrogen-bond donors (Lipinski definition) is 1. The molecule has 2 amide bonds. The SMILES string of the molecule is CC/C=C\C1=C(C)C(=O)N(O)C1=O. The predicted molar refractivity (Wildman–Crippen MR) is 45.8 cm³/mol. The molecule has 70 valence electrons. The summed E-state index contributed by atoms with van der Waals surface area (Å²) in [6.07, 6.45) is 4.11. The van der Waals surface area contributed by atoms with E-state index in [1.165, 1.54) is 6.92 Å². The van der Waals surface area contributed by atoms with Gasteiger partial charge in [-0.1, -0.05) is 19.1 Å². The number of allylic oxidation sites excluding steroid dienone is 1. The molecule has 0 bridgehead atoms. The minimum atomic E-state index is -0.646. The first-order valence-electron chi connectivity index (χ1n) is 4.04. The Kier molecular flexibility index (Phi) is 2.63. The molecule has 0 radical (unpaired) electrons. The van der Waals surface area contributed by atoms with Crippen LogP contribution in [0.15, 0.2) is 23.3 Å². The monoisotopic (exact) mass is 181 g/mol. The smallest absolute Gasteiger partial charge is 0.278 e. The predicted octanol–water partition coefficient (Wildman–Crippen LogP) is 1.03. The van der Waals surface area contributed by atoms with Crippen LogP contribution in [-0.2, 0) is 9.59 Å². The number of amides is 2. The van der Waals surface area contributed by atoms with Gasteiger partial charge in [0.05, 0.1) is 5.57 Å². The van der Waals surface area contributed by atoms with Gasteiger partial charge in [0.1, 0.15) is 0 Å². The highest BCUT2D eigenvalue weighted by molar-refractivity contribution is 6.19. The van der Waals surface area contributed by atoms with Gasteiger partial charge in [0.15, 0.2) is 0 Å². The Balaban J connectivity index is 3.01. The number of hydroxylamine groups is 2. The normalized spacial score (nSPS) is 18.2. The van der Waals surface area contributed by atoms with Gasteiger partial charge >= 0.3 is 0 Å². The van der Waals surface area contributed by atoms with Crippen molar-refractivity contribution >= 4 is 11.8 Å². The van der Waals surface area contributed by atoms with Crippen LogP contribution in [0.4, 0.5) is 0 Å². The van der Waals surface area contributed by atoms with E-state index in [1.807, 2.05) is 6.92 Å². The van der Waals surface area contributed by atoms with Gasteiger partial charge in [0.2, 0.25) is 0 Å². The molecule has 1 rings (SSSR count). The van der Waals surface area contributed by atoms with Gasteiger partial charge in [-0.2, -0.15) is 0 Å². The molecule has 0 saturated carbocycles. The van der Waals surface area contributed by atoms with Crippen LogP contribution in [0.2, 0.25) is 0 Å². The van der Waals surface area contributed by atoms with E-state index < -0.39 is 11.8 Å². The maximum Gasteiger partial charge on any atom is 0.285 e. The molecule has 1 heterocycles. The van der Waals surface area contributed by atoms with Crippen LogP contribution in [0.25, 0.3) is 0 Å². The molecule has 1 N–H and O–H groups in total. The molecule has 0 fully saturated rings. The van der Waals surface area contributed by atoms with E-state index in [4.69, 9.17) is 5.21 Å². The summed E-state index contributed by atoms with van der Waals surface area (Å²) in [6, 6.07) is 0. The summed E-state index contributed by atoms with van der Waals surface area (Å²) >= 11 is 0. The number of nitrogens with zero attached hydrogens (tertiary/aromatic N) is 1. The average Bonchev–Trinajstić information content (AvgIpc) is 2.30. The van der Waals surface area contributed by atoms with Gasteiger partial charge in [0.25, 0.3) is 11.8 Å². The van der Waals surface area contributed by atoms with E-state index in [0.29, 0.717) is 0 Å². The van der Waals surface area contributed by atoms with E-state index in [2.05, 4.69) is 0 Å². The third kappa shape index (κ3) is 1.53. The van der Waals surface area contributed by atoms with Crippen LogP contribution in [0.5, 0.6) is 0 Å². The van der Waals surface area contributed by atoms with Gasteiger partial charge in [0, 0.05) is 5.57 Å². The lowest BCUT2D eigenvalue weighted by atomic mass is 10.1. The van der Waals surface area contributed by atoms with Crippen molar-refractivity contribution in [3.8, 4) is 0 Å². The van der Waals surface area contributed by atoms with E-state index >= 15 is 0 Å². The summed E-state index contributed by atoms with van der Waals surface area (Å²) in [7, 11) is 0. The first-order valence-corrected chi connectivity index (χ1v) is 4.04. The molecule has 0 aromatic heterocycles. The molecule has 0 saturated heterocycles. The van der Waals surface area contributed by atoms with E-state index in [9.17, 15) is 9.59 Å². The third-order valence-corrected chi connectivity index (χ3v) is 1.86. The average molecular weight is 181 g/mol. The molecular formula is C9H11NO3. The fourth-order valence-corrected chi connectivity index (χ4v) is 1.07. The van der Waals surface area contributed by atoms with Crippen LogP contribution in [-0.4, -0.2) is 22.1 Å². The zero-order valence-electron chi connectivity index (χ0n) is 7.57. The lowest BCUT2D eigenvalue weighted by Gasteiger charge is -2.01. The number of hydrogen-bond acceptors (Lipinski definition) is 3. The molecule has 4 heteroatoms. The summed E-state index contributed by atoms with van der Waals surface area (Å²) in [6.45, 7) is 3.44. The zero-order chi connectivity index (χ0) is 10.0. The Hall–Kier alpha value is -1.42. The second kappa shape index (κ2) is 3.53. The minimum absolute atomic E-state index is 0.144. The van der Waals surface area contributed by atoms with Crippen molar-refractivity contribution in [1.29, 1.82) is 0 Å². The van der Waals surface area contributed by atoms with E-state index in [0.717, 1.165) is 6.42 Å². The van der Waals surface area contributed by atoms with Crippen LogP contribution in [0, 0.1) is 0 Å². The van der Waals surface area contributed by atoms with Crippen molar-refractivity contribution in [2.24, 2.45) is 0 Å². The van der Waals surface area contributed by atoms with Crippen molar-refractivity contribution in [1.82, 2.24) is 5.06 Å². The molecule has 0 aromatic rings. The molecular weight excluding hydrogens is 170 g/mol. The Morgan fingerprint density at radius 1 is 1.38 bits per heavy atom. The molecule has 0 atom stereocenters. The van der Waals surface area contributed by atoms with E-state index in [1.54, 1.807) is 12.2 Å². The van der Waals surface area contributed by atoms with Crippen molar-refractivity contribution in [2.75, 3.05) is 0 Å². The summed E-state index contributed by atoms with van der Waals surface area (Å²) in [5.41, 5.74) is 0.562.